The predicted molar refractivity (Wildman–Crippen MR) is 78.9 cm³/mol. The molecule has 3 N–H and O–H groups in total. The van der Waals surface area contributed by atoms with Gasteiger partial charge < -0.3 is 5.73 Å². The van der Waals surface area contributed by atoms with E-state index in [1.165, 1.54) is 0 Å². The third kappa shape index (κ3) is 5.38. The Labute approximate surface area is 118 Å². The van der Waals surface area contributed by atoms with Crippen molar-refractivity contribution in [2.45, 2.75) is 52.5 Å². The first-order valence-corrected chi connectivity index (χ1v) is 8.80. The molecule has 0 amide bonds. The monoisotopic (exact) mass is 291 g/mol. The molecule has 0 spiro atoms. The van der Waals surface area contributed by atoms with Crippen LogP contribution in [0.25, 0.3) is 0 Å². The van der Waals surface area contributed by atoms with Gasteiger partial charge in [0.05, 0.1) is 0 Å². The van der Waals surface area contributed by atoms with Crippen LogP contribution in [0.3, 0.4) is 0 Å². The number of nitrogens with zero attached hydrogens (tertiary/aromatic N) is 1. The van der Waals surface area contributed by atoms with Gasteiger partial charge in [-0.2, -0.15) is 17.4 Å². The van der Waals surface area contributed by atoms with Gasteiger partial charge in [0.2, 0.25) is 0 Å². The van der Waals surface area contributed by atoms with Crippen molar-refractivity contribution in [2.75, 3.05) is 19.6 Å². The van der Waals surface area contributed by atoms with Gasteiger partial charge in [0.1, 0.15) is 0 Å². The molecule has 2 unspecified atom stereocenters. The first kappa shape index (κ1) is 16.9. The summed E-state index contributed by atoms with van der Waals surface area (Å²) in [6.07, 6.45) is 3.71. The molecule has 0 aliphatic carbocycles. The van der Waals surface area contributed by atoms with E-state index in [0.717, 1.165) is 25.7 Å². The first-order chi connectivity index (χ1) is 8.89. The van der Waals surface area contributed by atoms with Gasteiger partial charge in [-0.25, -0.2) is 0 Å². The smallest absolute Gasteiger partial charge is 0.279 e. The summed E-state index contributed by atoms with van der Waals surface area (Å²) in [5.41, 5.74) is 5.63. The summed E-state index contributed by atoms with van der Waals surface area (Å²) >= 11 is 0. The molecule has 19 heavy (non-hydrogen) atoms. The van der Waals surface area contributed by atoms with Crippen molar-refractivity contribution in [1.82, 2.24) is 9.03 Å². The molecule has 1 heterocycles. The van der Waals surface area contributed by atoms with Crippen LogP contribution in [-0.4, -0.2) is 38.4 Å². The Morgan fingerprint density at radius 3 is 2.37 bits per heavy atom. The molecule has 1 saturated heterocycles. The Hall–Kier alpha value is -0.170. The van der Waals surface area contributed by atoms with Crippen molar-refractivity contribution in [3.05, 3.63) is 0 Å². The summed E-state index contributed by atoms with van der Waals surface area (Å²) in [4.78, 5) is 0. The molecule has 5 nitrogen and oxygen atoms in total. The minimum atomic E-state index is -3.33. The highest BCUT2D eigenvalue weighted by atomic mass is 32.2. The van der Waals surface area contributed by atoms with Crippen molar-refractivity contribution in [2.24, 2.45) is 17.6 Å². The third-order valence-electron chi connectivity index (χ3n) is 4.05. The molecule has 6 heteroatoms. The largest absolute Gasteiger partial charge is 0.330 e. The highest BCUT2D eigenvalue weighted by Crippen LogP contribution is 2.18. The van der Waals surface area contributed by atoms with Crippen LogP contribution in [0.1, 0.15) is 46.5 Å². The van der Waals surface area contributed by atoms with Crippen LogP contribution >= 0.6 is 0 Å². The second-order valence-electron chi connectivity index (χ2n) is 5.85. The minimum absolute atomic E-state index is 0.00724. The second kappa shape index (κ2) is 7.57. The lowest BCUT2D eigenvalue weighted by molar-refractivity contribution is 0.273. The quantitative estimate of drug-likeness (QED) is 0.743. The summed E-state index contributed by atoms with van der Waals surface area (Å²) in [5.74, 6) is 1.02. The van der Waals surface area contributed by atoms with Crippen LogP contribution in [0.4, 0.5) is 0 Å². The number of hydrogen-bond donors (Lipinski definition) is 2. The zero-order chi connectivity index (χ0) is 14.5. The molecule has 2 atom stereocenters. The second-order valence-corrected chi connectivity index (χ2v) is 7.55. The fraction of sp³-hybridized carbons (Fsp3) is 1.00. The summed E-state index contributed by atoms with van der Waals surface area (Å²) < 4.78 is 28.8. The van der Waals surface area contributed by atoms with E-state index in [0.29, 0.717) is 31.5 Å². The van der Waals surface area contributed by atoms with Crippen LogP contribution in [-0.2, 0) is 10.2 Å². The van der Waals surface area contributed by atoms with Gasteiger partial charge in [0, 0.05) is 19.1 Å². The summed E-state index contributed by atoms with van der Waals surface area (Å²) in [6.45, 7) is 8.06. The molecule has 1 aliphatic rings. The topological polar surface area (TPSA) is 75.4 Å². The maximum absolute atomic E-state index is 12.2. The SMILES string of the molecule is CCC(C)CC(C)NS(=O)(=O)N1CCC(CN)CC1. The zero-order valence-corrected chi connectivity index (χ0v) is 13.2. The first-order valence-electron chi connectivity index (χ1n) is 7.36. The van der Waals surface area contributed by atoms with Gasteiger partial charge in [-0.15, -0.1) is 0 Å². The Bertz CT molecular complexity index is 351. The van der Waals surface area contributed by atoms with E-state index in [4.69, 9.17) is 5.73 Å². The van der Waals surface area contributed by atoms with Gasteiger partial charge in [0.15, 0.2) is 0 Å². The average Bonchev–Trinajstić information content (AvgIpc) is 2.37. The number of nitrogens with one attached hydrogen (secondary N) is 1. The Morgan fingerprint density at radius 2 is 1.89 bits per heavy atom. The fourth-order valence-electron chi connectivity index (χ4n) is 2.53. The van der Waals surface area contributed by atoms with Gasteiger partial charge in [-0.05, 0) is 44.6 Å². The van der Waals surface area contributed by atoms with Crippen molar-refractivity contribution in [3.8, 4) is 0 Å². The van der Waals surface area contributed by atoms with E-state index in [9.17, 15) is 8.42 Å². The standard InChI is InChI=1S/C13H29N3O2S/c1-4-11(2)9-12(3)15-19(17,18)16-7-5-13(10-14)6-8-16/h11-13,15H,4-10,14H2,1-3H3. The molecular formula is C13H29N3O2S. The molecular weight excluding hydrogens is 262 g/mol. The zero-order valence-electron chi connectivity index (χ0n) is 12.4. The molecule has 0 radical (unpaired) electrons. The lowest BCUT2D eigenvalue weighted by Gasteiger charge is -2.31. The molecule has 0 aromatic heterocycles. The Balaban J connectivity index is 2.47. The van der Waals surface area contributed by atoms with Gasteiger partial charge in [0.25, 0.3) is 10.2 Å². The van der Waals surface area contributed by atoms with Crippen molar-refractivity contribution in [1.29, 1.82) is 0 Å². The maximum atomic E-state index is 12.2. The Kier molecular flexibility index (Phi) is 6.73. The number of nitrogens with two attached hydrogens (primary N) is 1. The van der Waals surface area contributed by atoms with Crippen LogP contribution in [0.5, 0.6) is 0 Å². The van der Waals surface area contributed by atoms with Crippen molar-refractivity contribution >= 4 is 10.2 Å². The van der Waals surface area contributed by atoms with Crippen LogP contribution in [0, 0.1) is 11.8 Å². The molecule has 0 bridgehead atoms. The Morgan fingerprint density at radius 1 is 1.32 bits per heavy atom. The molecule has 0 saturated carbocycles. The summed E-state index contributed by atoms with van der Waals surface area (Å²) in [7, 11) is -3.33. The lowest BCUT2D eigenvalue weighted by atomic mass is 9.99. The third-order valence-corrected chi connectivity index (χ3v) is 5.79. The number of piperidine rings is 1. The molecule has 1 fully saturated rings. The fourth-order valence-corrected chi connectivity index (χ4v) is 3.98. The normalized spacial score (nSPS) is 22.3. The molecule has 1 aliphatic heterocycles. The summed E-state index contributed by atoms with van der Waals surface area (Å²) in [5, 5.41) is 0. The highest BCUT2D eigenvalue weighted by molar-refractivity contribution is 7.87. The van der Waals surface area contributed by atoms with E-state index >= 15 is 0 Å². The molecule has 1 rings (SSSR count). The number of rotatable bonds is 7. The van der Waals surface area contributed by atoms with E-state index in [2.05, 4.69) is 18.6 Å². The van der Waals surface area contributed by atoms with E-state index in [-0.39, 0.29) is 6.04 Å². The lowest BCUT2D eigenvalue weighted by Crippen LogP contribution is -2.48. The number of hydrogen-bond acceptors (Lipinski definition) is 3. The molecule has 0 aromatic carbocycles. The molecule has 0 aromatic rings. The van der Waals surface area contributed by atoms with Crippen LogP contribution in [0.15, 0.2) is 0 Å². The van der Waals surface area contributed by atoms with E-state index < -0.39 is 10.2 Å². The van der Waals surface area contributed by atoms with Gasteiger partial charge in [-0.1, -0.05) is 20.3 Å². The predicted octanol–water partition coefficient (Wildman–Crippen LogP) is 1.32. The van der Waals surface area contributed by atoms with E-state index in [1.807, 2.05) is 6.92 Å². The van der Waals surface area contributed by atoms with Crippen LogP contribution < -0.4 is 10.5 Å². The molecule has 114 valence electrons. The summed E-state index contributed by atoms with van der Waals surface area (Å²) in [6, 6.07) is -0.00724. The minimum Gasteiger partial charge on any atom is -0.330 e. The average molecular weight is 291 g/mol. The van der Waals surface area contributed by atoms with Gasteiger partial charge >= 0.3 is 0 Å². The van der Waals surface area contributed by atoms with E-state index in [1.54, 1.807) is 4.31 Å². The van der Waals surface area contributed by atoms with Gasteiger partial charge in [-0.3, -0.25) is 0 Å². The highest BCUT2D eigenvalue weighted by Gasteiger charge is 2.28. The van der Waals surface area contributed by atoms with Crippen molar-refractivity contribution in [3.63, 3.8) is 0 Å². The maximum Gasteiger partial charge on any atom is 0.279 e. The van der Waals surface area contributed by atoms with Crippen molar-refractivity contribution < 1.29 is 8.42 Å². The van der Waals surface area contributed by atoms with Crippen LogP contribution in [0.2, 0.25) is 0 Å².